The van der Waals surface area contributed by atoms with Crippen molar-refractivity contribution in [3.05, 3.63) is 41.3 Å². The maximum Gasteiger partial charge on any atom is 0.252 e. The van der Waals surface area contributed by atoms with E-state index < -0.39 is 0 Å². The lowest BCUT2D eigenvalue weighted by Gasteiger charge is -2.09. The number of benzene rings is 1. The summed E-state index contributed by atoms with van der Waals surface area (Å²) in [5.41, 5.74) is 7.13. The second-order valence-electron chi connectivity index (χ2n) is 3.65. The Hall–Kier alpha value is -1.46. The molecule has 3 N–H and O–H groups in total. The van der Waals surface area contributed by atoms with Gasteiger partial charge in [0.25, 0.3) is 5.91 Å². The third-order valence-electron chi connectivity index (χ3n) is 2.29. The Morgan fingerprint density at radius 2 is 2.28 bits per heavy atom. The van der Waals surface area contributed by atoms with E-state index in [0.717, 1.165) is 9.10 Å². The third-order valence-corrected chi connectivity index (χ3v) is 4.39. The molecule has 0 aliphatic rings. The number of nitrogens with two attached hydrogens (primary N) is 1. The van der Waals surface area contributed by atoms with Crippen LogP contribution < -0.4 is 11.1 Å². The lowest BCUT2D eigenvalue weighted by molar-refractivity contribution is 0.0953. The first-order valence-electron chi connectivity index (χ1n) is 5.59. The largest absolute Gasteiger partial charge is 0.399 e. The summed E-state index contributed by atoms with van der Waals surface area (Å²) in [6.45, 7) is 2.52. The van der Waals surface area contributed by atoms with Crippen LogP contribution in [0, 0.1) is 0 Å². The monoisotopic (exact) mass is 278 g/mol. The van der Waals surface area contributed by atoms with Gasteiger partial charge in [-0.3, -0.25) is 4.79 Å². The van der Waals surface area contributed by atoms with Crippen LogP contribution in [0.2, 0.25) is 0 Å². The Kier molecular flexibility index (Phi) is 4.28. The molecule has 3 nitrogen and oxygen atoms in total. The number of hydrogen-bond acceptors (Lipinski definition) is 4. The number of hydrogen-bond donors (Lipinski definition) is 2. The van der Waals surface area contributed by atoms with E-state index >= 15 is 0 Å². The highest BCUT2D eigenvalue weighted by molar-refractivity contribution is 8.01. The van der Waals surface area contributed by atoms with Crippen molar-refractivity contribution in [1.82, 2.24) is 5.32 Å². The number of carbonyl (C=O) groups is 1. The first kappa shape index (κ1) is 13.0. The number of amides is 1. The van der Waals surface area contributed by atoms with Crippen LogP contribution in [-0.4, -0.2) is 12.5 Å². The summed E-state index contributed by atoms with van der Waals surface area (Å²) >= 11 is 3.21. The first-order chi connectivity index (χ1) is 8.70. The minimum atomic E-state index is -0.0587. The predicted molar refractivity (Wildman–Crippen MR) is 77.3 cm³/mol. The molecule has 94 valence electrons. The molecule has 0 bridgehead atoms. The Balaban J connectivity index is 2.31. The maximum atomic E-state index is 11.9. The van der Waals surface area contributed by atoms with Crippen LogP contribution in [0.15, 0.2) is 44.8 Å². The third kappa shape index (κ3) is 3.05. The Labute approximate surface area is 114 Å². The van der Waals surface area contributed by atoms with E-state index in [1.54, 1.807) is 35.2 Å². The average molecular weight is 278 g/mol. The number of anilines is 1. The summed E-state index contributed by atoms with van der Waals surface area (Å²) in [7, 11) is 0. The van der Waals surface area contributed by atoms with Crippen molar-refractivity contribution in [3.8, 4) is 0 Å². The van der Waals surface area contributed by atoms with Crippen molar-refractivity contribution < 1.29 is 4.79 Å². The van der Waals surface area contributed by atoms with Crippen molar-refractivity contribution in [2.24, 2.45) is 0 Å². The normalized spacial score (nSPS) is 10.3. The smallest absolute Gasteiger partial charge is 0.252 e. The fourth-order valence-corrected chi connectivity index (χ4v) is 3.40. The molecule has 0 saturated heterocycles. The molecule has 2 rings (SSSR count). The maximum absolute atomic E-state index is 11.9. The second kappa shape index (κ2) is 5.93. The van der Waals surface area contributed by atoms with Crippen LogP contribution in [0.3, 0.4) is 0 Å². The number of nitrogens with one attached hydrogen (secondary N) is 1. The Bertz CT molecular complexity index is 538. The summed E-state index contributed by atoms with van der Waals surface area (Å²) in [4.78, 5) is 12.8. The van der Waals surface area contributed by atoms with Crippen molar-refractivity contribution in [2.45, 2.75) is 16.0 Å². The number of thiophene rings is 1. The van der Waals surface area contributed by atoms with Crippen LogP contribution in [-0.2, 0) is 0 Å². The quantitative estimate of drug-likeness (QED) is 0.844. The lowest BCUT2D eigenvalue weighted by Crippen LogP contribution is -2.23. The topological polar surface area (TPSA) is 55.1 Å². The highest BCUT2D eigenvalue weighted by atomic mass is 32.2. The SMILES string of the molecule is CCNC(=O)c1ccc(N)cc1Sc1cccs1. The molecule has 1 amide bonds. The van der Waals surface area contributed by atoms with Gasteiger partial charge in [-0.2, -0.15) is 0 Å². The molecule has 1 aromatic heterocycles. The van der Waals surface area contributed by atoms with Gasteiger partial charge >= 0.3 is 0 Å². The fraction of sp³-hybridized carbons (Fsp3) is 0.154. The molecule has 0 radical (unpaired) electrons. The number of nitrogen functional groups attached to an aromatic ring is 1. The molecule has 18 heavy (non-hydrogen) atoms. The molecular weight excluding hydrogens is 264 g/mol. The molecule has 0 unspecified atom stereocenters. The van der Waals surface area contributed by atoms with Gasteiger partial charge < -0.3 is 11.1 Å². The van der Waals surface area contributed by atoms with Crippen LogP contribution in [0.5, 0.6) is 0 Å². The van der Waals surface area contributed by atoms with E-state index in [4.69, 9.17) is 5.73 Å². The predicted octanol–water partition coefficient (Wildman–Crippen LogP) is 3.23. The van der Waals surface area contributed by atoms with E-state index in [1.165, 1.54) is 0 Å². The van der Waals surface area contributed by atoms with Gasteiger partial charge in [-0.05, 0) is 36.6 Å². The molecule has 5 heteroatoms. The van der Waals surface area contributed by atoms with E-state index in [1.807, 2.05) is 30.5 Å². The molecule has 0 saturated carbocycles. The van der Waals surface area contributed by atoms with Gasteiger partial charge in [0.1, 0.15) is 0 Å². The van der Waals surface area contributed by atoms with Crippen molar-refractivity contribution in [3.63, 3.8) is 0 Å². The molecular formula is C13H14N2OS2. The van der Waals surface area contributed by atoms with Crippen LogP contribution in [0.25, 0.3) is 0 Å². The molecule has 0 spiro atoms. The Morgan fingerprint density at radius 3 is 2.94 bits per heavy atom. The zero-order valence-corrected chi connectivity index (χ0v) is 11.6. The van der Waals surface area contributed by atoms with Gasteiger partial charge in [-0.15, -0.1) is 11.3 Å². The summed E-state index contributed by atoms with van der Waals surface area (Å²) in [5, 5.41) is 4.83. The van der Waals surface area contributed by atoms with Gasteiger partial charge in [-0.25, -0.2) is 0 Å². The second-order valence-corrected chi connectivity index (χ2v) is 5.94. The summed E-state index contributed by atoms with van der Waals surface area (Å²) in [6.07, 6.45) is 0. The van der Waals surface area contributed by atoms with Crippen molar-refractivity contribution in [1.29, 1.82) is 0 Å². The zero-order chi connectivity index (χ0) is 13.0. The minimum Gasteiger partial charge on any atom is -0.399 e. The fourth-order valence-electron chi connectivity index (χ4n) is 1.50. The van der Waals surface area contributed by atoms with Gasteiger partial charge in [0.05, 0.1) is 9.77 Å². The summed E-state index contributed by atoms with van der Waals surface area (Å²) in [6, 6.07) is 9.39. The number of rotatable bonds is 4. The van der Waals surface area contributed by atoms with E-state index in [0.29, 0.717) is 17.8 Å². The van der Waals surface area contributed by atoms with Crippen molar-refractivity contribution >= 4 is 34.7 Å². The number of carbonyl (C=O) groups excluding carboxylic acids is 1. The summed E-state index contributed by atoms with van der Waals surface area (Å²) < 4.78 is 1.14. The minimum absolute atomic E-state index is 0.0587. The standard InChI is InChI=1S/C13H14N2OS2/c1-2-15-13(16)10-6-5-9(14)8-11(10)18-12-4-3-7-17-12/h3-8H,2,14H2,1H3,(H,15,16). The first-order valence-corrected chi connectivity index (χ1v) is 7.29. The molecule has 0 aliphatic heterocycles. The molecule has 0 aliphatic carbocycles. The van der Waals surface area contributed by atoms with Crippen LogP contribution >= 0.6 is 23.1 Å². The molecule has 1 heterocycles. The zero-order valence-electron chi connectivity index (χ0n) is 9.97. The molecule has 2 aromatic rings. The van der Waals surface area contributed by atoms with Crippen LogP contribution in [0.4, 0.5) is 5.69 Å². The molecule has 0 atom stereocenters. The lowest BCUT2D eigenvalue weighted by atomic mass is 10.2. The van der Waals surface area contributed by atoms with Gasteiger partial charge in [-0.1, -0.05) is 17.8 Å². The van der Waals surface area contributed by atoms with Gasteiger partial charge in [0.15, 0.2) is 0 Å². The highest BCUT2D eigenvalue weighted by Gasteiger charge is 2.12. The Morgan fingerprint density at radius 1 is 1.44 bits per heavy atom. The van der Waals surface area contributed by atoms with Crippen LogP contribution in [0.1, 0.15) is 17.3 Å². The van der Waals surface area contributed by atoms with Gasteiger partial charge in [0.2, 0.25) is 0 Å². The van der Waals surface area contributed by atoms with Crippen molar-refractivity contribution in [2.75, 3.05) is 12.3 Å². The molecule has 0 fully saturated rings. The van der Waals surface area contributed by atoms with E-state index in [-0.39, 0.29) is 5.91 Å². The average Bonchev–Trinajstić information content (AvgIpc) is 2.82. The van der Waals surface area contributed by atoms with E-state index in [2.05, 4.69) is 5.32 Å². The van der Waals surface area contributed by atoms with Gasteiger partial charge in [0, 0.05) is 17.1 Å². The summed E-state index contributed by atoms with van der Waals surface area (Å²) in [5.74, 6) is -0.0587. The van der Waals surface area contributed by atoms with E-state index in [9.17, 15) is 4.79 Å². The molecule has 1 aromatic carbocycles. The highest BCUT2D eigenvalue weighted by Crippen LogP contribution is 2.34.